The zero-order chi connectivity index (χ0) is 27.7. The largest absolute Gasteiger partial charge is 0.459 e. The summed E-state index contributed by atoms with van der Waals surface area (Å²) < 4.78 is 43.6. The van der Waals surface area contributed by atoms with E-state index in [0.717, 1.165) is 14.7 Å². The van der Waals surface area contributed by atoms with Crippen LogP contribution in [0.3, 0.4) is 0 Å². The second-order valence-electron chi connectivity index (χ2n) is 10.7. The number of benzene rings is 2. The lowest BCUT2D eigenvalue weighted by Gasteiger charge is -2.36. The molecule has 2 aromatic carbocycles. The number of rotatable bonds is 14. The summed E-state index contributed by atoms with van der Waals surface area (Å²) in [5, 5.41) is 9.06. The van der Waals surface area contributed by atoms with E-state index in [1.807, 2.05) is 75.4 Å². The molecule has 2 aromatic rings. The van der Waals surface area contributed by atoms with Gasteiger partial charge in [-0.3, -0.25) is 4.79 Å². The predicted molar refractivity (Wildman–Crippen MR) is 153 cm³/mol. The Morgan fingerprint density at radius 3 is 2.27 bits per heavy atom. The molecule has 7 nitrogen and oxygen atoms in total. The first-order chi connectivity index (χ1) is 17.2. The zero-order valence-electron chi connectivity index (χ0n) is 22.3. The number of aliphatic hydroxyl groups excluding tert-OH is 1. The van der Waals surface area contributed by atoms with Crippen LogP contribution in [-0.4, -0.2) is 62.0 Å². The first-order valence-corrected chi connectivity index (χ1v) is 15.1. The number of carbonyl (C=O) groups excluding carboxylic acids is 1. The summed E-state index contributed by atoms with van der Waals surface area (Å²) in [5.74, 6) is -0.991. The van der Waals surface area contributed by atoms with Crippen LogP contribution in [0, 0.1) is 3.57 Å². The van der Waals surface area contributed by atoms with Crippen molar-refractivity contribution in [1.29, 1.82) is 0 Å². The minimum Gasteiger partial charge on any atom is -0.459 e. The number of ether oxygens (including phenoxy) is 3. The van der Waals surface area contributed by atoms with Gasteiger partial charge in [-0.25, -0.2) is 8.42 Å². The van der Waals surface area contributed by atoms with Crippen molar-refractivity contribution in [2.75, 3.05) is 31.3 Å². The molecule has 0 bridgehead atoms. The number of carbonyl (C=O) groups is 1. The quantitative estimate of drug-likeness (QED) is 0.235. The van der Waals surface area contributed by atoms with Crippen LogP contribution >= 0.6 is 22.6 Å². The van der Waals surface area contributed by atoms with Crippen molar-refractivity contribution in [3.05, 3.63) is 69.3 Å². The molecule has 0 radical (unpaired) electrons. The number of sulfone groups is 1. The fourth-order valence-corrected chi connectivity index (χ4v) is 6.05. The molecule has 1 N–H and O–H groups in total. The zero-order valence-corrected chi connectivity index (χ0v) is 25.3. The van der Waals surface area contributed by atoms with E-state index in [2.05, 4.69) is 22.6 Å². The van der Waals surface area contributed by atoms with Crippen molar-refractivity contribution in [2.45, 2.75) is 64.3 Å². The van der Waals surface area contributed by atoms with Gasteiger partial charge in [-0.05, 0) is 86.9 Å². The molecule has 0 spiro atoms. The number of hydrogen-bond donors (Lipinski definition) is 1. The third kappa shape index (κ3) is 10.6. The van der Waals surface area contributed by atoms with Gasteiger partial charge >= 0.3 is 5.97 Å². The van der Waals surface area contributed by atoms with Gasteiger partial charge < -0.3 is 19.3 Å². The third-order valence-electron chi connectivity index (χ3n) is 5.62. The maximum absolute atomic E-state index is 13.8. The van der Waals surface area contributed by atoms with Gasteiger partial charge in [0.1, 0.15) is 11.0 Å². The minimum absolute atomic E-state index is 0.0590. The molecule has 2 rings (SSSR count). The summed E-state index contributed by atoms with van der Waals surface area (Å²) in [6.07, 6.45) is 0.222. The van der Waals surface area contributed by atoms with Crippen molar-refractivity contribution in [1.82, 2.24) is 0 Å². The lowest BCUT2D eigenvalue weighted by atomic mass is 9.78. The Morgan fingerprint density at radius 2 is 1.68 bits per heavy atom. The molecule has 0 aromatic heterocycles. The van der Waals surface area contributed by atoms with Crippen LogP contribution in [0.2, 0.25) is 0 Å². The van der Waals surface area contributed by atoms with Crippen LogP contribution < -0.4 is 0 Å². The molecule has 0 aliphatic carbocycles. The highest BCUT2D eigenvalue weighted by Gasteiger charge is 2.44. The maximum Gasteiger partial charge on any atom is 0.319 e. The normalized spacial score (nSPS) is 14.2. The molecule has 0 heterocycles. The molecule has 1 unspecified atom stereocenters. The van der Waals surface area contributed by atoms with E-state index in [-0.39, 0.29) is 31.1 Å². The Hall–Kier alpha value is -1.53. The average molecular weight is 647 g/mol. The lowest BCUT2D eigenvalue weighted by Crippen LogP contribution is -2.46. The molecule has 0 aliphatic heterocycles. The van der Waals surface area contributed by atoms with Crippen molar-refractivity contribution >= 4 is 38.4 Å². The van der Waals surface area contributed by atoms with Crippen LogP contribution in [0.5, 0.6) is 0 Å². The number of aliphatic hydroxyl groups is 1. The lowest BCUT2D eigenvalue weighted by molar-refractivity contribution is -0.167. The highest BCUT2D eigenvalue weighted by Crippen LogP contribution is 2.34. The SMILES string of the molecule is CC(C)(C)OC(=O)C(CCOC(C)(C)CS(=O)(=O)CCO)(COCc1ccccc1)c1cccc(I)c1. The third-order valence-corrected chi connectivity index (χ3v) is 8.23. The predicted octanol–water partition coefficient (Wildman–Crippen LogP) is 4.68. The molecule has 0 aliphatic rings. The number of halogens is 1. The van der Waals surface area contributed by atoms with Gasteiger partial charge in [-0.1, -0.05) is 42.5 Å². The summed E-state index contributed by atoms with van der Waals surface area (Å²) in [6.45, 7) is 8.88. The Balaban J connectivity index is 2.36. The fourth-order valence-electron chi connectivity index (χ4n) is 3.94. The van der Waals surface area contributed by atoms with Gasteiger partial charge in [-0.15, -0.1) is 0 Å². The molecule has 37 heavy (non-hydrogen) atoms. The van der Waals surface area contributed by atoms with E-state index in [1.165, 1.54) is 0 Å². The molecular weight excluding hydrogens is 607 g/mol. The Bertz CT molecular complexity index is 1110. The van der Waals surface area contributed by atoms with Gasteiger partial charge in [0.2, 0.25) is 0 Å². The summed E-state index contributed by atoms with van der Waals surface area (Å²) in [7, 11) is -3.49. The Morgan fingerprint density at radius 1 is 1.00 bits per heavy atom. The Kier molecular flexibility index (Phi) is 11.6. The summed E-state index contributed by atoms with van der Waals surface area (Å²) in [5.41, 5.74) is -1.18. The van der Waals surface area contributed by atoms with Crippen molar-refractivity contribution in [3.63, 3.8) is 0 Å². The number of hydrogen-bond acceptors (Lipinski definition) is 7. The summed E-state index contributed by atoms with van der Waals surface area (Å²) in [6, 6.07) is 17.4. The van der Waals surface area contributed by atoms with E-state index in [0.29, 0.717) is 6.61 Å². The highest BCUT2D eigenvalue weighted by molar-refractivity contribution is 14.1. The van der Waals surface area contributed by atoms with Crippen molar-refractivity contribution < 1.29 is 32.5 Å². The maximum atomic E-state index is 13.8. The number of esters is 1. The highest BCUT2D eigenvalue weighted by atomic mass is 127. The average Bonchev–Trinajstić information content (AvgIpc) is 2.76. The van der Waals surface area contributed by atoms with Crippen LogP contribution in [0.15, 0.2) is 54.6 Å². The fraction of sp³-hybridized carbons (Fsp3) is 0.536. The Labute approximate surface area is 235 Å². The molecule has 0 amide bonds. The smallest absolute Gasteiger partial charge is 0.319 e. The van der Waals surface area contributed by atoms with E-state index >= 15 is 0 Å². The monoisotopic (exact) mass is 646 g/mol. The van der Waals surface area contributed by atoms with Crippen molar-refractivity contribution in [2.24, 2.45) is 0 Å². The van der Waals surface area contributed by atoms with Crippen LogP contribution in [0.4, 0.5) is 0 Å². The molecule has 0 saturated carbocycles. The summed E-state index contributed by atoms with van der Waals surface area (Å²) in [4.78, 5) is 13.8. The van der Waals surface area contributed by atoms with E-state index in [9.17, 15) is 13.2 Å². The molecular formula is C28H39IO7S. The second kappa shape index (κ2) is 13.5. The topological polar surface area (TPSA) is 99.1 Å². The minimum atomic E-state index is -3.49. The first kappa shape index (κ1) is 31.7. The van der Waals surface area contributed by atoms with E-state index in [4.69, 9.17) is 19.3 Å². The van der Waals surface area contributed by atoms with E-state index < -0.39 is 39.0 Å². The van der Waals surface area contributed by atoms with Gasteiger partial charge in [0.15, 0.2) is 9.84 Å². The van der Waals surface area contributed by atoms with E-state index in [1.54, 1.807) is 13.8 Å². The molecule has 9 heteroatoms. The van der Waals surface area contributed by atoms with Gasteiger partial charge in [0, 0.05) is 10.2 Å². The standard InChI is InChI=1S/C28H39IO7S/c1-26(2,3)36-25(31)28(23-12-9-13-24(29)18-23,20-34-19-22-10-7-6-8-11-22)14-16-35-27(4,5)21-37(32,33)17-15-30/h6-13,18,30H,14-17,19-21H2,1-5H3. The van der Waals surface area contributed by atoms with Crippen LogP contribution in [0.25, 0.3) is 0 Å². The first-order valence-electron chi connectivity index (χ1n) is 12.2. The molecule has 206 valence electrons. The van der Waals surface area contributed by atoms with Gasteiger partial charge in [0.05, 0.1) is 36.9 Å². The van der Waals surface area contributed by atoms with Crippen LogP contribution in [0.1, 0.15) is 52.2 Å². The van der Waals surface area contributed by atoms with Crippen LogP contribution in [-0.2, 0) is 40.9 Å². The molecule has 0 saturated heterocycles. The molecule has 0 fully saturated rings. The van der Waals surface area contributed by atoms with Crippen molar-refractivity contribution in [3.8, 4) is 0 Å². The second-order valence-corrected chi connectivity index (χ2v) is 14.2. The van der Waals surface area contributed by atoms with Gasteiger partial charge in [-0.2, -0.15) is 0 Å². The van der Waals surface area contributed by atoms with Gasteiger partial charge in [0.25, 0.3) is 0 Å². The summed E-state index contributed by atoms with van der Waals surface area (Å²) >= 11 is 2.21. The molecule has 1 atom stereocenters.